The summed E-state index contributed by atoms with van der Waals surface area (Å²) in [5.41, 5.74) is 0.955. The van der Waals surface area contributed by atoms with Crippen molar-refractivity contribution < 1.29 is 14.7 Å². The van der Waals surface area contributed by atoms with Gasteiger partial charge in [-0.1, -0.05) is 48.5 Å². The van der Waals surface area contributed by atoms with Gasteiger partial charge in [-0.2, -0.15) is 0 Å². The SMILES string of the molecule is O=C(O)/C(=C/c1ccccc1)NC(=O)c1ccccc1. The van der Waals surface area contributed by atoms with Crippen LogP contribution in [0.2, 0.25) is 0 Å². The molecule has 0 aliphatic heterocycles. The molecule has 0 aliphatic carbocycles. The van der Waals surface area contributed by atoms with E-state index in [1.807, 2.05) is 6.07 Å². The highest BCUT2D eigenvalue weighted by molar-refractivity contribution is 6.02. The molecule has 1 amide bonds. The average Bonchev–Trinajstić information content (AvgIpc) is 2.48. The van der Waals surface area contributed by atoms with Crippen LogP contribution in [0, 0.1) is 0 Å². The number of hydrogen-bond donors (Lipinski definition) is 2. The molecule has 0 aromatic heterocycles. The molecular weight excluding hydrogens is 254 g/mol. The highest BCUT2D eigenvalue weighted by Gasteiger charge is 2.12. The van der Waals surface area contributed by atoms with Crippen LogP contribution in [0.4, 0.5) is 0 Å². The van der Waals surface area contributed by atoms with E-state index in [4.69, 9.17) is 5.11 Å². The van der Waals surface area contributed by atoms with Gasteiger partial charge in [-0.3, -0.25) is 4.79 Å². The lowest BCUT2D eigenvalue weighted by Crippen LogP contribution is -2.27. The van der Waals surface area contributed by atoms with E-state index in [1.165, 1.54) is 6.08 Å². The molecule has 0 saturated carbocycles. The Morgan fingerprint density at radius 2 is 1.45 bits per heavy atom. The molecule has 0 saturated heterocycles. The molecule has 0 spiro atoms. The van der Waals surface area contributed by atoms with Crippen LogP contribution in [-0.4, -0.2) is 17.0 Å². The Kier molecular flexibility index (Phi) is 4.29. The molecule has 0 bridgehead atoms. The maximum absolute atomic E-state index is 11.9. The van der Waals surface area contributed by atoms with E-state index in [2.05, 4.69) is 5.32 Å². The highest BCUT2D eigenvalue weighted by atomic mass is 16.4. The zero-order valence-corrected chi connectivity index (χ0v) is 10.6. The second-order valence-electron chi connectivity index (χ2n) is 4.09. The number of benzene rings is 2. The number of carboxylic acids is 1. The normalized spacial score (nSPS) is 10.9. The molecule has 4 heteroatoms. The average molecular weight is 267 g/mol. The number of carbonyl (C=O) groups excluding carboxylic acids is 1. The van der Waals surface area contributed by atoms with Crippen LogP contribution < -0.4 is 5.32 Å². The summed E-state index contributed by atoms with van der Waals surface area (Å²) in [6.07, 6.45) is 1.42. The summed E-state index contributed by atoms with van der Waals surface area (Å²) in [5.74, 6) is -1.63. The first-order chi connectivity index (χ1) is 9.66. The van der Waals surface area contributed by atoms with Crippen LogP contribution in [0.5, 0.6) is 0 Å². The van der Waals surface area contributed by atoms with Crippen molar-refractivity contribution in [3.8, 4) is 0 Å². The standard InChI is InChI=1S/C16H13NO3/c18-15(13-9-5-2-6-10-13)17-14(16(19)20)11-12-7-3-1-4-8-12/h1-11H,(H,17,18)(H,19,20)/b14-11-. The molecule has 2 N–H and O–H groups in total. The number of rotatable bonds is 4. The lowest BCUT2D eigenvalue weighted by Gasteiger charge is -2.06. The summed E-state index contributed by atoms with van der Waals surface area (Å²) in [5, 5.41) is 11.6. The van der Waals surface area contributed by atoms with Gasteiger partial charge in [-0.05, 0) is 23.8 Å². The number of carbonyl (C=O) groups is 2. The largest absolute Gasteiger partial charge is 0.477 e. The van der Waals surface area contributed by atoms with Gasteiger partial charge in [0.05, 0.1) is 0 Å². The van der Waals surface area contributed by atoms with Crippen LogP contribution in [0.15, 0.2) is 66.4 Å². The summed E-state index contributed by atoms with van der Waals surface area (Å²) in [6.45, 7) is 0. The van der Waals surface area contributed by atoms with Crippen molar-refractivity contribution in [2.45, 2.75) is 0 Å². The maximum atomic E-state index is 11.9. The number of amides is 1. The first kappa shape index (κ1) is 13.5. The van der Waals surface area contributed by atoms with Gasteiger partial charge < -0.3 is 10.4 Å². The molecule has 0 fully saturated rings. The minimum atomic E-state index is -1.18. The molecule has 100 valence electrons. The Balaban J connectivity index is 2.21. The van der Waals surface area contributed by atoms with Crippen molar-refractivity contribution in [3.63, 3.8) is 0 Å². The van der Waals surface area contributed by atoms with Crippen molar-refractivity contribution in [1.82, 2.24) is 5.32 Å². The number of carboxylic acid groups (broad SMARTS) is 1. The summed E-state index contributed by atoms with van der Waals surface area (Å²) < 4.78 is 0. The molecular formula is C16H13NO3. The van der Waals surface area contributed by atoms with Crippen molar-refractivity contribution in [2.24, 2.45) is 0 Å². The molecule has 4 nitrogen and oxygen atoms in total. The van der Waals surface area contributed by atoms with E-state index in [1.54, 1.807) is 54.6 Å². The Bertz CT molecular complexity index is 633. The molecule has 0 atom stereocenters. The number of aliphatic carboxylic acids is 1. The smallest absolute Gasteiger partial charge is 0.352 e. The molecule has 0 aliphatic rings. The van der Waals surface area contributed by atoms with E-state index in [0.717, 1.165) is 0 Å². The molecule has 0 unspecified atom stereocenters. The van der Waals surface area contributed by atoms with Crippen molar-refractivity contribution in [3.05, 3.63) is 77.5 Å². The molecule has 0 radical (unpaired) electrons. The first-order valence-electron chi connectivity index (χ1n) is 6.03. The molecule has 2 rings (SSSR count). The van der Waals surface area contributed by atoms with Gasteiger partial charge in [0.25, 0.3) is 5.91 Å². The van der Waals surface area contributed by atoms with Crippen molar-refractivity contribution in [2.75, 3.05) is 0 Å². The zero-order chi connectivity index (χ0) is 14.4. The number of nitrogens with one attached hydrogen (secondary N) is 1. The van der Waals surface area contributed by atoms with Gasteiger partial charge in [0.15, 0.2) is 0 Å². The summed E-state index contributed by atoms with van der Waals surface area (Å²) in [6, 6.07) is 17.4. The van der Waals surface area contributed by atoms with E-state index < -0.39 is 11.9 Å². The van der Waals surface area contributed by atoms with Gasteiger partial charge in [0.1, 0.15) is 5.70 Å². The Morgan fingerprint density at radius 1 is 0.900 bits per heavy atom. The maximum Gasteiger partial charge on any atom is 0.352 e. The fraction of sp³-hybridized carbons (Fsp3) is 0. The molecule has 0 heterocycles. The Labute approximate surface area is 116 Å². The van der Waals surface area contributed by atoms with Gasteiger partial charge >= 0.3 is 5.97 Å². The zero-order valence-electron chi connectivity index (χ0n) is 10.6. The topological polar surface area (TPSA) is 66.4 Å². The van der Waals surface area contributed by atoms with Crippen LogP contribution in [-0.2, 0) is 4.79 Å². The predicted octanol–water partition coefficient (Wildman–Crippen LogP) is 2.54. The minimum absolute atomic E-state index is 0.162. The monoisotopic (exact) mass is 267 g/mol. The molecule has 20 heavy (non-hydrogen) atoms. The predicted molar refractivity (Wildman–Crippen MR) is 76.0 cm³/mol. The van der Waals surface area contributed by atoms with Crippen LogP contribution >= 0.6 is 0 Å². The van der Waals surface area contributed by atoms with E-state index in [9.17, 15) is 9.59 Å². The third kappa shape index (κ3) is 3.55. The van der Waals surface area contributed by atoms with E-state index in [-0.39, 0.29) is 5.70 Å². The van der Waals surface area contributed by atoms with Gasteiger partial charge in [-0.15, -0.1) is 0 Å². The summed E-state index contributed by atoms with van der Waals surface area (Å²) in [7, 11) is 0. The summed E-state index contributed by atoms with van der Waals surface area (Å²) in [4.78, 5) is 23.1. The second kappa shape index (κ2) is 6.33. The van der Waals surface area contributed by atoms with Gasteiger partial charge in [0.2, 0.25) is 0 Å². The van der Waals surface area contributed by atoms with Crippen molar-refractivity contribution in [1.29, 1.82) is 0 Å². The Morgan fingerprint density at radius 3 is 2.00 bits per heavy atom. The lowest BCUT2D eigenvalue weighted by atomic mass is 10.1. The summed E-state index contributed by atoms with van der Waals surface area (Å²) >= 11 is 0. The molecule has 2 aromatic rings. The van der Waals surface area contributed by atoms with Crippen LogP contribution in [0.25, 0.3) is 6.08 Å². The van der Waals surface area contributed by atoms with Crippen molar-refractivity contribution >= 4 is 18.0 Å². The van der Waals surface area contributed by atoms with E-state index in [0.29, 0.717) is 11.1 Å². The fourth-order valence-electron chi connectivity index (χ4n) is 1.65. The van der Waals surface area contributed by atoms with Crippen LogP contribution in [0.3, 0.4) is 0 Å². The fourth-order valence-corrected chi connectivity index (χ4v) is 1.65. The first-order valence-corrected chi connectivity index (χ1v) is 6.03. The lowest BCUT2D eigenvalue weighted by molar-refractivity contribution is -0.132. The molecule has 2 aromatic carbocycles. The van der Waals surface area contributed by atoms with Gasteiger partial charge in [0, 0.05) is 5.56 Å². The highest BCUT2D eigenvalue weighted by Crippen LogP contribution is 2.06. The van der Waals surface area contributed by atoms with Gasteiger partial charge in [-0.25, -0.2) is 4.79 Å². The third-order valence-corrected chi connectivity index (χ3v) is 2.63. The third-order valence-electron chi connectivity index (χ3n) is 2.63. The van der Waals surface area contributed by atoms with Crippen LogP contribution in [0.1, 0.15) is 15.9 Å². The minimum Gasteiger partial charge on any atom is -0.477 e. The second-order valence-corrected chi connectivity index (χ2v) is 4.09. The Hall–Kier alpha value is -2.88. The quantitative estimate of drug-likeness (QED) is 0.836. The number of hydrogen-bond acceptors (Lipinski definition) is 2. The van der Waals surface area contributed by atoms with E-state index >= 15 is 0 Å².